The molecule has 27 heavy (non-hydrogen) atoms. The monoisotopic (exact) mass is 419 g/mol. The molecular formula is C18H23Cl2NO6. The largest absolute Gasteiger partial charge is 0.477 e. The molecule has 0 fully saturated rings. The van der Waals surface area contributed by atoms with Gasteiger partial charge in [0.15, 0.2) is 12.7 Å². The van der Waals surface area contributed by atoms with Crippen LogP contribution in [0.15, 0.2) is 18.2 Å². The maximum atomic E-state index is 12.0. The van der Waals surface area contributed by atoms with Gasteiger partial charge in [-0.05, 0) is 37.5 Å². The first-order chi connectivity index (χ1) is 12.6. The van der Waals surface area contributed by atoms with Gasteiger partial charge in [0.05, 0.1) is 12.1 Å². The van der Waals surface area contributed by atoms with E-state index < -0.39 is 36.6 Å². The van der Waals surface area contributed by atoms with Crippen LogP contribution < -0.4 is 10.1 Å². The van der Waals surface area contributed by atoms with Crippen LogP contribution in [0, 0.1) is 5.92 Å². The normalized spacial score (nSPS) is 12.9. The molecule has 0 saturated carbocycles. The number of esters is 2. The van der Waals surface area contributed by atoms with Crippen LogP contribution in [0.4, 0.5) is 0 Å². The lowest BCUT2D eigenvalue weighted by atomic mass is 10.0. The zero-order chi connectivity index (χ0) is 20.6. The smallest absolute Gasteiger partial charge is 0.347 e. The number of hydrogen-bond acceptors (Lipinski definition) is 6. The molecule has 0 aliphatic rings. The molecule has 0 heterocycles. The first-order valence-corrected chi connectivity index (χ1v) is 9.05. The fraction of sp³-hybridized carbons (Fsp3) is 0.500. The number of benzene rings is 1. The van der Waals surface area contributed by atoms with Crippen LogP contribution in [0.3, 0.4) is 0 Å². The van der Waals surface area contributed by atoms with E-state index in [0.717, 1.165) is 0 Å². The summed E-state index contributed by atoms with van der Waals surface area (Å²) in [6.45, 7) is 4.72. The SMILES string of the molecule is COC(=O)[C@H](CC(C)C)NC(=O)COC(=O)[C@@H](C)Oc1ccc(Cl)cc1Cl. The van der Waals surface area contributed by atoms with E-state index in [2.05, 4.69) is 10.1 Å². The molecule has 0 radical (unpaired) electrons. The van der Waals surface area contributed by atoms with Crippen molar-refractivity contribution in [1.29, 1.82) is 0 Å². The Bertz CT molecular complexity index is 680. The van der Waals surface area contributed by atoms with Crippen molar-refractivity contribution in [3.63, 3.8) is 0 Å². The standard InChI is InChI=1S/C18H23Cl2NO6/c1-10(2)7-14(18(24)25-4)21-16(22)9-26-17(23)11(3)27-15-6-5-12(19)8-13(15)20/h5-6,8,10-11,14H,7,9H2,1-4H3,(H,21,22)/t11-,14+/m1/s1. The number of halogens is 2. The van der Waals surface area contributed by atoms with Gasteiger partial charge < -0.3 is 19.5 Å². The van der Waals surface area contributed by atoms with Crippen molar-refractivity contribution in [2.75, 3.05) is 13.7 Å². The maximum absolute atomic E-state index is 12.0. The molecule has 1 rings (SSSR count). The number of rotatable bonds is 9. The van der Waals surface area contributed by atoms with Gasteiger partial charge in [0.1, 0.15) is 11.8 Å². The Labute approximate surface area is 168 Å². The lowest BCUT2D eigenvalue weighted by Gasteiger charge is -2.19. The van der Waals surface area contributed by atoms with Crippen LogP contribution in [0.25, 0.3) is 0 Å². The van der Waals surface area contributed by atoms with Gasteiger partial charge in [0.2, 0.25) is 0 Å². The number of ether oxygens (including phenoxy) is 3. The summed E-state index contributed by atoms with van der Waals surface area (Å²) in [5.41, 5.74) is 0. The first kappa shape index (κ1) is 23.0. The molecule has 0 spiro atoms. The molecule has 150 valence electrons. The van der Waals surface area contributed by atoms with Gasteiger partial charge in [0, 0.05) is 5.02 Å². The van der Waals surface area contributed by atoms with Crippen LogP contribution in [0.5, 0.6) is 5.75 Å². The predicted molar refractivity (Wildman–Crippen MR) is 101 cm³/mol. The lowest BCUT2D eigenvalue weighted by molar-refractivity contribution is -0.155. The Morgan fingerprint density at radius 3 is 2.33 bits per heavy atom. The van der Waals surface area contributed by atoms with Crippen molar-refractivity contribution in [2.45, 2.75) is 39.3 Å². The zero-order valence-corrected chi connectivity index (χ0v) is 17.1. The number of carbonyl (C=O) groups excluding carboxylic acids is 3. The quantitative estimate of drug-likeness (QED) is 0.618. The molecule has 0 saturated heterocycles. The summed E-state index contributed by atoms with van der Waals surface area (Å²) < 4.78 is 15.0. The van der Waals surface area contributed by atoms with E-state index in [0.29, 0.717) is 11.4 Å². The van der Waals surface area contributed by atoms with Crippen molar-refractivity contribution in [1.82, 2.24) is 5.32 Å². The molecule has 1 aromatic carbocycles. The minimum absolute atomic E-state index is 0.162. The summed E-state index contributed by atoms with van der Waals surface area (Å²) in [7, 11) is 1.24. The molecule has 7 nitrogen and oxygen atoms in total. The minimum Gasteiger partial charge on any atom is -0.477 e. The van der Waals surface area contributed by atoms with Crippen LogP contribution >= 0.6 is 23.2 Å². The van der Waals surface area contributed by atoms with E-state index in [9.17, 15) is 14.4 Å². The average Bonchev–Trinajstić information content (AvgIpc) is 2.60. The number of hydrogen-bond donors (Lipinski definition) is 1. The van der Waals surface area contributed by atoms with Crippen molar-refractivity contribution in [2.24, 2.45) is 5.92 Å². The van der Waals surface area contributed by atoms with Gasteiger partial charge in [-0.25, -0.2) is 9.59 Å². The molecule has 1 N–H and O–H groups in total. The Hall–Kier alpha value is -1.99. The molecule has 0 aromatic heterocycles. The molecule has 0 aliphatic carbocycles. The molecule has 0 unspecified atom stereocenters. The van der Waals surface area contributed by atoms with E-state index >= 15 is 0 Å². The van der Waals surface area contributed by atoms with Crippen LogP contribution in [-0.4, -0.2) is 43.7 Å². The van der Waals surface area contributed by atoms with E-state index in [1.165, 1.54) is 26.2 Å². The predicted octanol–water partition coefficient (Wildman–Crippen LogP) is 3.01. The van der Waals surface area contributed by atoms with E-state index in [-0.39, 0.29) is 16.7 Å². The second kappa shape index (κ2) is 11.0. The number of amides is 1. The van der Waals surface area contributed by atoms with Crippen molar-refractivity contribution in [3.8, 4) is 5.75 Å². The van der Waals surface area contributed by atoms with Crippen LogP contribution in [0.2, 0.25) is 10.0 Å². The first-order valence-electron chi connectivity index (χ1n) is 8.29. The lowest BCUT2D eigenvalue weighted by Crippen LogP contribution is -2.44. The molecule has 0 aliphatic heterocycles. The number of methoxy groups -OCH3 is 1. The third kappa shape index (κ3) is 8.05. The molecule has 1 aromatic rings. The summed E-state index contributed by atoms with van der Waals surface area (Å²) in [4.78, 5) is 35.7. The van der Waals surface area contributed by atoms with Crippen molar-refractivity contribution in [3.05, 3.63) is 28.2 Å². The fourth-order valence-corrected chi connectivity index (χ4v) is 2.58. The number of carbonyl (C=O) groups is 3. The van der Waals surface area contributed by atoms with Crippen molar-refractivity contribution < 1.29 is 28.6 Å². The Morgan fingerprint density at radius 2 is 1.78 bits per heavy atom. The Kier molecular flexibility index (Phi) is 9.38. The molecule has 1 amide bonds. The maximum Gasteiger partial charge on any atom is 0.347 e. The van der Waals surface area contributed by atoms with Gasteiger partial charge in [-0.1, -0.05) is 37.0 Å². The van der Waals surface area contributed by atoms with Crippen LogP contribution in [-0.2, 0) is 23.9 Å². The fourth-order valence-electron chi connectivity index (χ4n) is 2.13. The second-order valence-corrected chi connectivity index (χ2v) is 7.06. The average molecular weight is 420 g/mol. The van der Waals surface area contributed by atoms with Crippen molar-refractivity contribution >= 4 is 41.0 Å². The third-order valence-corrected chi connectivity index (χ3v) is 3.93. The topological polar surface area (TPSA) is 90.9 Å². The molecule has 2 atom stereocenters. The highest BCUT2D eigenvalue weighted by molar-refractivity contribution is 6.35. The van der Waals surface area contributed by atoms with Gasteiger partial charge in [-0.15, -0.1) is 0 Å². The van der Waals surface area contributed by atoms with Gasteiger partial charge in [-0.2, -0.15) is 0 Å². The summed E-state index contributed by atoms with van der Waals surface area (Å²) in [5, 5.41) is 3.17. The summed E-state index contributed by atoms with van der Waals surface area (Å²) in [5.74, 6) is -1.50. The molecule has 0 bridgehead atoms. The highest BCUT2D eigenvalue weighted by atomic mass is 35.5. The van der Waals surface area contributed by atoms with E-state index in [1.54, 1.807) is 6.07 Å². The van der Waals surface area contributed by atoms with E-state index in [4.69, 9.17) is 32.7 Å². The third-order valence-electron chi connectivity index (χ3n) is 3.40. The molecule has 9 heteroatoms. The van der Waals surface area contributed by atoms with Gasteiger partial charge >= 0.3 is 11.9 Å². The summed E-state index contributed by atoms with van der Waals surface area (Å²) >= 11 is 11.8. The summed E-state index contributed by atoms with van der Waals surface area (Å²) in [6.07, 6.45) is -0.593. The number of nitrogens with one attached hydrogen (secondary N) is 1. The van der Waals surface area contributed by atoms with Gasteiger partial charge in [0.25, 0.3) is 5.91 Å². The minimum atomic E-state index is -0.997. The van der Waals surface area contributed by atoms with Crippen LogP contribution in [0.1, 0.15) is 27.2 Å². The van der Waals surface area contributed by atoms with E-state index in [1.807, 2.05) is 13.8 Å². The zero-order valence-electron chi connectivity index (χ0n) is 15.6. The highest BCUT2D eigenvalue weighted by Crippen LogP contribution is 2.28. The van der Waals surface area contributed by atoms with Gasteiger partial charge in [-0.3, -0.25) is 4.79 Å². The summed E-state index contributed by atoms with van der Waals surface area (Å²) in [6, 6.07) is 3.76. The Balaban J connectivity index is 2.53. The Morgan fingerprint density at radius 1 is 1.11 bits per heavy atom. The molecular weight excluding hydrogens is 397 g/mol. The highest BCUT2D eigenvalue weighted by Gasteiger charge is 2.24. The second-order valence-electron chi connectivity index (χ2n) is 6.22.